The third-order valence-electron chi connectivity index (χ3n) is 2.18. The number of carboxylic acids is 1. The predicted molar refractivity (Wildman–Crippen MR) is 59.1 cm³/mol. The third kappa shape index (κ3) is 3.20. The molecule has 0 aliphatic carbocycles. The molecule has 82 valence electrons. The first-order valence-corrected chi connectivity index (χ1v) is 5.22. The lowest BCUT2D eigenvalue weighted by Gasteiger charge is -2.15. The lowest BCUT2D eigenvalue weighted by atomic mass is 9.91. The van der Waals surface area contributed by atoms with Gasteiger partial charge in [-0.25, -0.2) is 0 Å². The van der Waals surface area contributed by atoms with Gasteiger partial charge >= 0.3 is 5.97 Å². The van der Waals surface area contributed by atoms with E-state index in [1.165, 1.54) is 6.20 Å². The van der Waals surface area contributed by atoms with Crippen LogP contribution in [-0.4, -0.2) is 16.1 Å². The van der Waals surface area contributed by atoms with Gasteiger partial charge in [-0.3, -0.25) is 9.78 Å². The fourth-order valence-corrected chi connectivity index (χ4v) is 1.75. The minimum absolute atomic E-state index is 0.315. The predicted octanol–water partition coefficient (Wildman–Crippen LogP) is 2.95. The molecule has 1 rings (SSSR count). The van der Waals surface area contributed by atoms with Crippen LogP contribution < -0.4 is 0 Å². The molecule has 0 spiro atoms. The molecule has 0 saturated heterocycles. The zero-order valence-corrected chi connectivity index (χ0v) is 9.53. The van der Waals surface area contributed by atoms with Gasteiger partial charge in [-0.2, -0.15) is 0 Å². The molecule has 15 heavy (non-hydrogen) atoms. The molecule has 0 aromatic carbocycles. The number of carbonyl (C=O) groups is 1. The van der Waals surface area contributed by atoms with E-state index in [4.69, 9.17) is 16.7 Å². The summed E-state index contributed by atoms with van der Waals surface area (Å²) in [4.78, 5) is 14.9. The van der Waals surface area contributed by atoms with Crippen LogP contribution in [0.4, 0.5) is 0 Å². The van der Waals surface area contributed by atoms with Gasteiger partial charge in [0.2, 0.25) is 0 Å². The molecular formula is C11H14ClNO2. The van der Waals surface area contributed by atoms with E-state index in [2.05, 4.69) is 4.98 Å². The number of carboxylic acid groups (broad SMARTS) is 1. The van der Waals surface area contributed by atoms with Crippen molar-refractivity contribution >= 4 is 17.6 Å². The minimum Gasteiger partial charge on any atom is -0.481 e. The van der Waals surface area contributed by atoms with Gasteiger partial charge in [0.15, 0.2) is 0 Å². The Balaban J connectivity index is 2.99. The second kappa shape index (κ2) is 5.12. The molecule has 1 unspecified atom stereocenters. The summed E-state index contributed by atoms with van der Waals surface area (Å²) in [6.45, 7) is 3.98. The second-order valence-corrected chi connectivity index (χ2v) is 4.32. The largest absolute Gasteiger partial charge is 0.481 e. The number of aromatic nitrogens is 1. The molecule has 0 aliphatic heterocycles. The molecule has 0 amide bonds. The number of hydrogen-bond donors (Lipinski definition) is 1. The van der Waals surface area contributed by atoms with Crippen LogP contribution >= 0.6 is 11.6 Å². The molecule has 1 aromatic heterocycles. The highest BCUT2D eigenvalue weighted by molar-refractivity contribution is 6.31. The maximum atomic E-state index is 11.1. The fraction of sp³-hybridized carbons (Fsp3) is 0.455. The zero-order valence-electron chi connectivity index (χ0n) is 8.77. The van der Waals surface area contributed by atoms with Crippen LogP contribution in [0.1, 0.15) is 31.7 Å². The zero-order chi connectivity index (χ0) is 11.4. The second-order valence-electron chi connectivity index (χ2n) is 3.92. The van der Waals surface area contributed by atoms with Crippen LogP contribution in [0.15, 0.2) is 18.5 Å². The molecule has 3 nitrogen and oxygen atoms in total. The van der Waals surface area contributed by atoms with E-state index in [0.717, 1.165) is 0 Å². The van der Waals surface area contributed by atoms with Crippen molar-refractivity contribution in [1.82, 2.24) is 4.98 Å². The number of hydrogen-bond acceptors (Lipinski definition) is 2. The Morgan fingerprint density at radius 1 is 1.60 bits per heavy atom. The number of aliphatic carboxylic acids is 1. The van der Waals surface area contributed by atoms with E-state index in [0.29, 0.717) is 22.9 Å². The Morgan fingerprint density at radius 2 is 2.27 bits per heavy atom. The topological polar surface area (TPSA) is 50.2 Å². The van der Waals surface area contributed by atoms with Crippen molar-refractivity contribution in [3.05, 3.63) is 29.0 Å². The average Bonchev–Trinajstić information content (AvgIpc) is 2.15. The van der Waals surface area contributed by atoms with E-state index >= 15 is 0 Å². The first kappa shape index (κ1) is 12.0. The maximum Gasteiger partial charge on any atom is 0.311 e. The van der Waals surface area contributed by atoms with Crippen LogP contribution in [0, 0.1) is 5.92 Å². The summed E-state index contributed by atoms with van der Waals surface area (Å²) < 4.78 is 0. The van der Waals surface area contributed by atoms with Crippen molar-refractivity contribution in [3.8, 4) is 0 Å². The monoisotopic (exact) mass is 227 g/mol. The van der Waals surface area contributed by atoms with E-state index in [9.17, 15) is 4.79 Å². The van der Waals surface area contributed by atoms with E-state index in [1.807, 2.05) is 13.8 Å². The Bertz CT molecular complexity index is 352. The quantitative estimate of drug-likeness (QED) is 0.861. The highest BCUT2D eigenvalue weighted by atomic mass is 35.5. The Morgan fingerprint density at radius 3 is 2.73 bits per heavy atom. The van der Waals surface area contributed by atoms with Crippen molar-refractivity contribution in [2.75, 3.05) is 0 Å². The molecule has 0 radical (unpaired) electrons. The fourth-order valence-electron chi connectivity index (χ4n) is 1.50. The van der Waals surface area contributed by atoms with Crippen molar-refractivity contribution in [2.24, 2.45) is 5.92 Å². The van der Waals surface area contributed by atoms with E-state index < -0.39 is 11.9 Å². The summed E-state index contributed by atoms with van der Waals surface area (Å²) in [6, 6.07) is 1.67. The minimum atomic E-state index is -0.836. The normalized spacial score (nSPS) is 12.8. The van der Waals surface area contributed by atoms with Gasteiger partial charge in [0.1, 0.15) is 0 Å². The number of halogens is 1. The van der Waals surface area contributed by atoms with Crippen molar-refractivity contribution in [2.45, 2.75) is 26.2 Å². The van der Waals surface area contributed by atoms with Gasteiger partial charge in [-0.05, 0) is 24.0 Å². The number of rotatable bonds is 4. The highest BCUT2D eigenvalue weighted by Crippen LogP contribution is 2.29. The van der Waals surface area contributed by atoms with Crippen molar-refractivity contribution in [3.63, 3.8) is 0 Å². The maximum absolute atomic E-state index is 11.1. The Kier molecular flexibility index (Phi) is 4.09. The summed E-state index contributed by atoms with van der Waals surface area (Å²) in [7, 11) is 0. The number of nitrogens with zero attached hydrogens (tertiary/aromatic N) is 1. The third-order valence-corrected chi connectivity index (χ3v) is 2.50. The molecule has 1 N–H and O–H groups in total. The number of pyridine rings is 1. The summed E-state index contributed by atoms with van der Waals surface area (Å²) in [5.41, 5.74) is 0.646. The van der Waals surface area contributed by atoms with Gasteiger partial charge in [0.05, 0.1) is 10.9 Å². The van der Waals surface area contributed by atoms with Gasteiger partial charge in [-0.1, -0.05) is 25.4 Å². The smallest absolute Gasteiger partial charge is 0.311 e. The first-order valence-electron chi connectivity index (χ1n) is 4.84. The average molecular weight is 228 g/mol. The summed E-state index contributed by atoms with van der Waals surface area (Å²) in [5.74, 6) is -1.06. The lowest BCUT2D eigenvalue weighted by molar-refractivity contribution is -0.139. The Labute approximate surface area is 94.1 Å². The van der Waals surface area contributed by atoms with Crippen molar-refractivity contribution in [1.29, 1.82) is 0 Å². The summed E-state index contributed by atoms with van der Waals surface area (Å²) in [6.07, 6.45) is 3.63. The molecule has 1 heterocycles. The van der Waals surface area contributed by atoms with Crippen LogP contribution in [0.25, 0.3) is 0 Å². The molecule has 0 aliphatic rings. The molecule has 0 saturated carbocycles. The van der Waals surface area contributed by atoms with Crippen LogP contribution in [0.5, 0.6) is 0 Å². The molecular weight excluding hydrogens is 214 g/mol. The Hall–Kier alpha value is -1.09. The van der Waals surface area contributed by atoms with Crippen LogP contribution in [0.3, 0.4) is 0 Å². The highest BCUT2D eigenvalue weighted by Gasteiger charge is 2.23. The van der Waals surface area contributed by atoms with Gasteiger partial charge in [0, 0.05) is 12.4 Å². The van der Waals surface area contributed by atoms with Crippen LogP contribution in [-0.2, 0) is 4.79 Å². The van der Waals surface area contributed by atoms with Gasteiger partial charge in [-0.15, -0.1) is 0 Å². The molecule has 0 fully saturated rings. The van der Waals surface area contributed by atoms with E-state index in [1.54, 1.807) is 12.3 Å². The van der Waals surface area contributed by atoms with Gasteiger partial charge < -0.3 is 5.11 Å². The van der Waals surface area contributed by atoms with Crippen LogP contribution in [0.2, 0.25) is 5.02 Å². The summed E-state index contributed by atoms with van der Waals surface area (Å²) >= 11 is 5.92. The van der Waals surface area contributed by atoms with E-state index in [-0.39, 0.29) is 0 Å². The molecule has 0 bridgehead atoms. The molecule has 1 aromatic rings. The standard InChI is InChI=1S/C11H14ClNO2/c1-7(2)5-9(11(14)15)8-3-4-13-6-10(8)12/h3-4,6-7,9H,5H2,1-2H3,(H,14,15). The molecule has 4 heteroatoms. The van der Waals surface area contributed by atoms with Gasteiger partial charge in [0.25, 0.3) is 0 Å². The molecule has 1 atom stereocenters. The lowest BCUT2D eigenvalue weighted by Crippen LogP contribution is -2.14. The summed E-state index contributed by atoms with van der Waals surface area (Å²) in [5, 5.41) is 9.54. The SMILES string of the molecule is CC(C)CC(C(=O)O)c1ccncc1Cl. The van der Waals surface area contributed by atoms with Crippen molar-refractivity contribution < 1.29 is 9.90 Å². The first-order chi connectivity index (χ1) is 7.02.